The van der Waals surface area contributed by atoms with Gasteiger partial charge in [0.05, 0.1) is 12.5 Å². The highest BCUT2D eigenvalue weighted by Crippen LogP contribution is 2.31. The monoisotopic (exact) mass is 379 g/mol. The number of phenolic OH excluding ortho intramolecular Hbond substituents is 2. The first-order valence-corrected chi connectivity index (χ1v) is 9.69. The van der Waals surface area contributed by atoms with Crippen molar-refractivity contribution in [3.05, 3.63) is 23.8 Å². The molecule has 0 heterocycles. The summed E-state index contributed by atoms with van der Waals surface area (Å²) in [6, 6.07) is 4.61. The van der Waals surface area contributed by atoms with Gasteiger partial charge < -0.3 is 20.3 Å². The molecule has 1 amide bonds. The normalized spacial score (nSPS) is 14.2. The van der Waals surface area contributed by atoms with Crippen LogP contribution in [-0.2, 0) is 20.7 Å². The smallest absolute Gasteiger partial charge is 0.308 e. The molecule has 1 rings (SSSR count). The van der Waals surface area contributed by atoms with Crippen LogP contribution in [0.2, 0.25) is 0 Å². The minimum atomic E-state index is -0.652. The summed E-state index contributed by atoms with van der Waals surface area (Å²) < 4.78 is 5.26. The Morgan fingerprint density at radius 3 is 2.52 bits per heavy atom. The van der Waals surface area contributed by atoms with Crippen LogP contribution in [0.25, 0.3) is 0 Å². The van der Waals surface area contributed by atoms with E-state index < -0.39 is 5.41 Å². The van der Waals surface area contributed by atoms with Crippen molar-refractivity contribution in [1.82, 2.24) is 5.32 Å². The number of hydrogen-bond acceptors (Lipinski definition) is 5. The summed E-state index contributed by atoms with van der Waals surface area (Å²) in [6.07, 6.45) is 3.39. The van der Waals surface area contributed by atoms with E-state index in [1.165, 1.54) is 12.1 Å². The first kappa shape index (κ1) is 22.8. The van der Waals surface area contributed by atoms with Crippen molar-refractivity contribution in [1.29, 1.82) is 0 Å². The summed E-state index contributed by atoms with van der Waals surface area (Å²) >= 11 is 0. The summed E-state index contributed by atoms with van der Waals surface area (Å²) in [5, 5.41) is 21.8. The zero-order chi connectivity index (χ0) is 20.4. The molecule has 0 fully saturated rings. The number of amides is 1. The first-order valence-electron chi connectivity index (χ1n) is 9.69. The molecule has 0 spiro atoms. The molecule has 0 aliphatic heterocycles. The van der Waals surface area contributed by atoms with E-state index in [0.717, 1.165) is 18.4 Å². The number of nitrogens with one attached hydrogen (secondary N) is 1. The Morgan fingerprint density at radius 2 is 1.93 bits per heavy atom. The minimum Gasteiger partial charge on any atom is -0.504 e. The van der Waals surface area contributed by atoms with Gasteiger partial charge in [0.2, 0.25) is 5.91 Å². The van der Waals surface area contributed by atoms with E-state index in [4.69, 9.17) is 4.74 Å². The standard InChI is InChI=1S/C21H33NO5/c1-5-7-12-27-19(25)15(3)14-21(4,6-2)20(26)22-11-10-16-8-9-17(23)18(24)13-16/h8-9,13,15,23-24H,5-7,10-12,14H2,1-4H3,(H,22,26). The van der Waals surface area contributed by atoms with Gasteiger partial charge in [-0.3, -0.25) is 9.59 Å². The Labute approximate surface area is 161 Å². The largest absolute Gasteiger partial charge is 0.504 e. The van der Waals surface area contributed by atoms with Gasteiger partial charge in [-0.15, -0.1) is 0 Å². The third kappa shape index (κ3) is 7.12. The molecule has 0 saturated heterocycles. The van der Waals surface area contributed by atoms with Crippen molar-refractivity contribution in [3.63, 3.8) is 0 Å². The van der Waals surface area contributed by atoms with Crippen molar-refractivity contribution < 1.29 is 24.5 Å². The van der Waals surface area contributed by atoms with Crippen LogP contribution in [0.15, 0.2) is 18.2 Å². The molecular formula is C21H33NO5. The maximum atomic E-state index is 12.7. The van der Waals surface area contributed by atoms with Gasteiger partial charge in [-0.1, -0.05) is 40.2 Å². The maximum absolute atomic E-state index is 12.7. The molecule has 2 unspecified atom stereocenters. The molecule has 1 aromatic rings. The van der Waals surface area contributed by atoms with E-state index in [9.17, 15) is 19.8 Å². The second-order valence-electron chi connectivity index (χ2n) is 7.37. The lowest BCUT2D eigenvalue weighted by molar-refractivity contribution is -0.150. The Balaban J connectivity index is 2.55. The van der Waals surface area contributed by atoms with Crippen molar-refractivity contribution in [2.45, 2.75) is 59.8 Å². The second-order valence-corrected chi connectivity index (χ2v) is 7.37. The van der Waals surface area contributed by atoms with Crippen LogP contribution < -0.4 is 5.32 Å². The molecule has 6 nitrogen and oxygen atoms in total. The minimum absolute atomic E-state index is 0.0961. The number of rotatable bonds is 11. The molecule has 152 valence electrons. The molecule has 0 aliphatic carbocycles. The molecular weight excluding hydrogens is 346 g/mol. The number of carbonyl (C=O) groups excluding carboxylic acids is 2. The predicted octanol–water partition coefficient (Wildman–Crippen LogP) is 3.54. The topological polar surface area (TPSA) is 95.9 Å². The number of ether oxygens (including phenoxy) is 1. The van der Waals surface area contributed by atoms with Crippen LogP contribution >= 0.6 is 0 Å². The molecule has 0 aliphatic rings. The van der Waals surface area contributed by atoms with Gasteiger partial charge in [-0.05, 0) is 43.4 Å². The molecule has 0 radical (unpaired) electrons. The Bertz CT molecular complexity index is 631. The molecule has 27 heavy (non-hydrogen) atoms. The predicted molar refractivity (Wildman–Crippen MR) is 105 cm³/mol. The lowest BCUT2D eigenvalue weighted by Crippen LogP contribution is -2.41. The third-order valence-corrected chi connectivity index (χ3v) is 4.97. The number of unbranched alkanes of at least 4 members (excludes halogenated alkanes) is 1. The van der Waals surface area contributed by atoms with E-state index in [-0.39, 0.29) is 29.3 Å². The fourth-order valence-corrected chi connectivity index (χ4v) is 2.87. The van der Waals surface area contributed by atoms with Crippen LogP contribution in [0.3, 0.4) is 0 Å². The lowest BCUT2D eigenvalue weighted by Gasteiger charge is -2.29. The van der Waals surface area contributed by atoms with Crippen molar-refractivity contribution >= 4 is 11.9 Å². The van der Waals surface area contributed by atoms with Gasteiger partial charge in [0.25, 0.3) is 0 Å². The molecule has 6 heteroatoms. The van der Waals surface area contributed by atoms with Gasteiger partial charge in [0, 0.05) is 12.0 Å². The van der Waals surface area contributed by atoms with Gasteiger partial charge in [-0.25, -0.2) is 0 Å². The molecule has 2 atom stereocenters. The summed E-state index contributed by atoms with van der Waals surface area (Å²) in [7, 11) is 0. The van der Waals surface area contributed by atoms with Crippen LogP contribution in [-0.4, -0.2) is 35.2 Å². The van der Waals surface area contributed by atoms with Crippen LogP contribution in [0.1, 0.15) is 58.9 Å². The highest BCUT2D eigenvalue weighted by Gasteiger charge is 2.35. The highest BCUT2D eigenvalue weighted by molar-refractivity contribution is 5.83. The average molecular weight is 379 g/mol. The molecule has 3 N–H and O–H groups in total. The zero-order valence-corrected chi connectivity index (χ0v) is 16.9. The second kappa shape index (κ2) is 10.8. The van der Waals surface area contributed by atoms with E-state index in [2.05, 4.69) is 5.32 Å². The van der Waals surface area contributed by atoms with Crippen LogP contribution in [0.5, 0.6) is 11.5 Å². The molecule has 1 aromatic carbocycles. The van der Waals surface area contributed by atoms with Crippen molar-refractivity contribution in [2.75, 3.05) is 13.2 Å². The first-order chi connectivity index (χ1) is 12.7. The van der Waals surface area contributed by atoms with Gasteiger partial charge in [0.15, 0.2) is 11.5 Å². The summed E-state index contributed by atoms with van der Waals surface area (Å²) in [6.45, 7) is 8.48. The third-order valence-electron chi connectivity index (χ3n) is 4.97. The lowest BCUT2D eigenvalue weighted by atomic mass is 9.78. The number of benzene rings is 1. The average Bonchev–Trinajstić information content (AvgIpc) is 2.64. The Kier molecular flexibility index (Phi) is 9.12. The number of aromatic hydroxyl groups is 2. The number of esters is 1. The molecule has 0 saturated carbocycles. The number of phenols is 2. The van der Waals surface area contributed by atoms with Crippen LogP contribution in [0, 0.1) is 11.3 Å². The Hall–Kier alpha value is -2.24. The Morgan fingerprint density at radius 1 is 1.22 bits per heavy atom. The number of hydrogen-bond donors (Lipinski definition) is 3. The van der Waals surface area contributed by atoms with Gasteiger partial charge in [-0.2, -0.15) is 0 Å². The highest BCUT2D eigenvalue weighted by atomic mass is 16.5. The summed E-state index contributed by atoms with van der Waals surface area (Å²) in [5.74, 6) is -1.03. The van der Waals surface area contributed by atoms with Gasteiger partial charge >= 0.3 is 5.97 Å². The quantitative estimate of drug-likeness (QED) is 0.310. The fourth-order valence-electron chi connectivity index (χ4n) is 2.87. The van der Waals surface area contributed by atoms with E-state index in [1.807, 2.05) is 20.8 Å². The molecule has 0 bridgehead atoms. The summed E-state index contributed by atoms with van der Waals surface area (Å²) in [5.41, 5.74) is 0.164. The zero-order valence-electron chi connectivity index (χ0n) is 16.9. The van der Waals surface area contributed by atoms with E-state index in [0.29, 0.717) is 32.4 Å². The van der Waals surface area contributed by atoms with Crippen LogP contribution in [0.4, 0.5) is 0 Å². The van der Waals surface area contributed by atoms with E-state index in [1.54, 1.807) is 13.0 Å². The summed E-state index contributed by atoms with van der Waals surface area (Å²) in [4.78, 5) is 24.8. The fraction of sp³-hybridized carbons (Fsp3) is 0.619. The SMILES string of the molecule is CCCCOC(=O)C(C)CC(C)(CC)C(=O)NCCc1ccc(O)c(O)c1. The van der Waals surface area contributed by atoms with E-state index >= 15 is 0 Å². The maximum Gasteiger partial charge on any atom is 0.308 e. The van der Waals surface area contributed by atoms with Gasteiger partial charge in [0.1, 0.15) is 0 Å². The molecule has 0 aromatic heterocycles. The number of carbonyl (C=O) groups is 2. The van der Waals surface area contributed by atoms with Crippen molar-refractivity contribution in [3.8, 4) is 11.5 Å². The van der Waals surface area contributed by atoms with Crippen molar-refractivity contribution in [2.24, 2.45) is 11.3 Å².